The quantitative estimate of drug-likeness (QED) is 0.213. The summed E-state index contributed by atoms with van der Waals surface area (Å²) in [6, 6.07) is 0. The minimum Gasteiger partial charge on any atom is -0.342 e. The fraction of sp³-hybridized carbons (Fsp3) is 0.939. The molecule has 2 heteroatoms. The Morgan fingerprint density at radius 3 is 1.51 bits per heavy atom. The number of ether oxygens (including phenoxy) is 2. The second-order valence-electron chi connectivity index (χ2n) is 13.3. The van der Waals surface area contributed by atoms with Crippen molar-refractivity contribution in [1.29, 1.82) is 0 Å². The zero-order valence-corrected chi connectivity index (χ0v) is 24.1. The predicted octanol–water partition coefficient (Wildman–Crippen LogP) is 10.3. The van der Waals surface area contributed by atoms with Gasteiger partial charge in [0.25, 0.3) is 0 Å². The highest BCUT2D eigenvalue weighted by atomic mass is 16.7. The average molecular weight is 489 g/mol. The lowest BCUT2D eigenvalue weighted by Gasteiger charge is -2.34. The van der Waals surface area contributed by atoms with Gasteiger partial charge in [-0.05, 0) is 73.7 Å². The molecule has 0 spiro atoms. The van der Waals surface area contributed by atoms with Crippen molar-refractivity contribution in [3.63, 3.8) is 0 Å². The third kappa shape index (κ3) is 10.1. The Bertz CT molecular complexity index is 546. The van der Waals surface area contributed by atoms with Crippen LogP contribution in [-0.2, 0) is 9.47 Å². The lowest BCUT2D eigenvalue weighted by Crippen LogP contribution is -2.38. The largest absolute Gasteiger partial charge is 0.342 e. The predicted molar refractivity (Wildman–Crippen MR) is 151 cm³/mol. The van der Waals surface area contributed by atoms with E-state index in [-0.39, 0.29) is 6.29 Å². The summed E-state index contributed by atoms with van der Waals surface area (Å²) in [6.07, 6.45) is 26.2. The van der Waals surface area contributed by atoms with Gasteiger partial charge in [-0.15, -0.1) is 0 Å². The fourth-order valence-corrected chi connectivity index (χ4v) is 7.12. The van der Waals surface area contributed by atoms with Crippen LogP contribution in [0, 0.1) is 29.6 Å². The van der Waals surface area contributed by atoms with Crippen molar-refractivity contribution < 1.29 is 9.47 Å². The maximum atomic E-state index is 6.70. The Morgan fingerprint density at radius 2 is 1.06 bits per heavy atom. The SMILES string of the molecule is C=C(CCCC(C)CCCC(C)CCCC(C)C)C1OC(C2CCCCC2)C(C2CCCCC2)O1. The molecular formula is C33H60O2. The molecule has 0 aromatic heterocycles. The van der Waals surface area contributed by atoms with Crippen LogP contribution in [0.25, 0.3) is 0 Å². The van der Waals surface area contributed by atoms with Crippen molar-refractivity contribution in [2.75, 3.05) is 0 Å². The second-order valence-corrected chi connectivity index (χ2v) is 13.3. The van der Waals surface area contributed by atoms with E-state index in [4.69, 9.17) is 9.47 Å². The second kappa shape index (κ2) is 15.8. The first kappa shape index (κ1) is 29.2. The molecule has 35 heavy (non-hydrogen) atoms. The van der Waals surface area contributed by atoms with Gasteiger partial charge in [0.15, 0.2) is 6.29 Å². The molecule has 1 saturated heterocycles. The molecule has 204 valence electrons. The summed E-state index contributed by atoms with van der Waals surface area (Å²) in [5.41, 5.74) is 1.20. The molecule has 2 saturated carbocycles. The summed E-state index contributed by atoms with van der Waals surface area (Å²) >= 11 is 0. The first-order chi connectivity index (χ1) is 16.9. The van der Waals surface area contributed by atoms with Crippen LogP contribution >= 0.6 is 0 Å². The van der Waals surface area contributed by atoms with Crippen LogP contribution in [-0.4, -0.2) is 18.5 Å². The van der Waals surface area contributed by atoms with Gasteiger partial charge in [0.2, 0.25) is 0 Å². The van der Waals surface area contributed by atoms with Crippen molar-refractivity contribution in [2.45, 2.75) is 168 Å². The molecule has 0 amide bonds. The summed E-state index contributed by atoms with van der Waals surface area (Å²) < 4.78 is 13.4. The summed E-state index contributed by atoms with van der Waals surface area (Å²) in [4.78, 5) is 0. The third-order valence-electron chi connectivity index (χ3n) is 9.51. The van der Waals surface area contributed by atoms with E-state index in [0.717, 1.165) is 24.2 Å². The first-order valence-corrected chi connectivity index (χ1v) is 15.9. The topological polar surface area (TPSA) is 18.5 Å². The first-order valence-electron chi connectivity index (χ1n) is 15.9. The van der Waals surface area contributed by atoms with Gasteiger partial charge in [-0.25, -0.2) is 0 Å². The molecular weight excluding hydrogens is 428 g/mol. The number of hydrogen-bond donors (Lipinski definition) is 0. The Balaban J connectivity index is 1.35. The smallest absolute Gasteiger partial charge is 0.180 e. The lowest BCUT2D eigenvalue weighted by atomic mass is 9.77. The molecule has 0 radical (unpaired) electrons. The minimum atomic E-state index is -0.143. The van der Waals surface area contributed by atoms with Crippen LogP contribution in [0.15, 0.2) is 12.2 Å². The van der Waals surface area contributed by atoms with Gasteiger partial charge in [-0.2, -0.15) is 0 Å². The molecule has 4 atom stereocenters. The Labute approximate surface area is 219 Å². The van der Waals surface area contributed by atoms with Gasteiger partial charge in [-0.3, -0.25) is 0 Å². The van der Waals surface area contributed by atoms with Gasteiger partial charge in [0, 0.05) is 0 Å². The number of rotatable bonds is 15. The summed E-state index contributed by atoms with van der Waals surface area (Å²) in [5, 5.41) is 0. The normalized spacial score (nSPS) is 28.4. The van der Waals surface area contributed by atoms with Gasteiger partial charge < -0.3 is 9.47 Å². The van der Waals surface area contributed by atoms with Crippen molar-refractivity contribution >= 4 is 0 Å². The fourth-order valence-electron chi connectivity index (χ4n) is 7.12. The van der Waals surface area contributed by atoms with Crippen LogP contribution in [0.3, 0.4) is 0 Å². The van der Waals surface area contributed by atoms with E-state index in [2.05, 4.69) is 34.3 Å². The summed E-state index contributed by atoms with van der Waals surface area (Å²) in [6.45, 7) is 14.1. The molecule has 3 rings (SSSR count). The van der Waals surface area contributed by atoms with Crippen LogP contribution in [0.4, 0.5) is 0 Å². The highest BCUT2D eigenvalue weighted by Crippen LogP contribution is 2.42. The molecule has 3 fully saturated rings. The molecule has 0 aromatic rings. The standard InChI is InChI=1S/C33H60O2/c1-25(2)15-12-16-26(3)17-13-18-27(4)19-14-20-28(5)33-34-31(29-21-8-6-9-22-29)32(35-33)30-23-10-7-11-24-30/h25-27,29-33H,5-24H2,1-4H3. The van der Waals surface area contributed by atoms with Crippen molar-refractivity contribution in [2.24, 2.45) is 29.6 Å². The molecule has 3 aliphatic rings. The van der Waals surface area contributed by atoms with E-state index >= 15 is 0 Å². The molecule has 1 aliphatic heterocycles. The molecule has 0 N–H and O–H groups in total. The monoisotopic (exact) mass is 488 g/mol. The van der Waals surface area contributed by atoms with Crippen LogP contribution in [0.1, 0.15) is 150 Å². The maximum absolute atomic E-state index is 6.70. The van der Waals surface area contributed by atoms with Crippen LogP contribution in [0.5, 0.6) is 0 Å². The maximum Gasteiger partial charge on any atom is 0.180 e. The zero-order chi connectivity index (χ0) is 25.0. The third-order valence-corrected chi connectivity index (χ3v) is 9.51. The van der Waals surface area contributed by atoms with E-state index in [1.807, 2.05) is 0 Å². The Hall–Kier alpha value is -0.340. The lowest BCUT2D eigenvalue weighted by molar-refractivity contribution is -0.0533. The molecule has 0 aromatic carbocycles. The number of hydrogen-bond acceptors (Lipinski definition) is 2. The summed E-state index contributed by atoms with van der Waals surface area (Å²) in [5.74, 6) is 3.99. The molecule has 2 nitrogen and oxygen atoms in total. The van der Waals surface area contributed by atoms with E-state index < -0.39 is 0 Å². The summed E-state index contributed by atoms with van der Waals surface area (Å²) in [7, 11) is 0. The highest BCUT2D eigenvalue weighted by molar-refractivity contribution is 5.03. The van der Waals surface area contributed by atoms with E-state index in [1.165, 1.54) is 121 Å². The van der Waals surface area contributed by atoms with Crippen molar-refractivity contribution in [3.05, 3.63) is 12.2 Å². The average Bonchev–Trinajstić information content (AvgIpc) is 3.31. The van der Waals surface area contributed by atoms with Crippen LogP contribution < -0.4 is 0 Å². The molecule has 1 heterocycles. The van der Waals surface area contributed by atoms with E-state index in [9.17, 15) is 0 Å². The van der Waals surface area contributed by atoms with Gasteiger partial charge in [-0.1, -0.05) is 118 Å². The molecule has 2 aliphatic carbocycles. The van der Waals surface area contributed by atoms with Gasteiger partial charge >= 0.3 is 0 Å². The Kier molecular flexibility index (Phi) is 13.2. The van der Waals surface area contributed by atoms with Gasteiger partial charge in [0.1, 0.15) is 0 Å². The van der Waals surface area contributed by atoms with E-state index in [1.54, 1.807) is 0 Å². The molecule has 0 bridgehead atoms. The van der Waals surface area contributed by atoms with Crippen LogP contribution in [0.2, 0.25) is 0 Å². The van der Waals surface area contributed by atoms with E-state index in [0.29, 0.717) is 24.0 Å². The highest BCUT2D eigenvalue weighted by Gasteiger charge is 2.45. The van der Waals surface area contributed by atoms with Gasteiger partial charge in [0.05, 0.1) is 12.2 Å². The Morgan fingerprint density at radius 1 is 0.629 bits per heavy atom. The zero-order valence-electron chi connectivity index (χ0n) is 24.1. The molecule has 4 unspecified atom stereocenters. The van der Waals surface area contributed by atoms with Crippen molar-refractivity contribution in [3.8, 4) is 0 Å². The minimum absolute atomic E-state index is 0.143. The van der Waals surface area contributed by atoms with Crippen molar-refractivity contribution in [1.82, 2.24) is 0 Å².